The van der Waals surface area contributed by atoms with E-state index in [4.69, 9.17) is 4.74 Å². The molecule has 3 rings (SSSR count). The van der Waals surface area contributed by atoms with Crippen molar-refractivity contribution in [3.63, 3.8) is 0 Å². The summed E-state index contributed by atoms with van der Waals surface area (Å²) in [5.74, 6) is 0.0397. The van der Waals surface area contributed by atoms with Crippen molar-refractivity contribution in [2.24, 2.45) is 0 Å². The first-order chi connectivity index (χ1) is 12.1. The quantitative estimate of drug-likeness (QED) is 0.795. The molecule has 2 N–H and O–H groups in total. The number of aromatic nitrogens is 3. The van der Waals surface area contributed by atoms with Gasteiger partial charge in [-0.25, -0.2) is 0 Å². The van der Waals surface area contributed by atoms with E-state index < -0.39 is 0 Å². The van der Waals surface area contributed by atoms with E-state index in [0.717, 1.165) is 16.4 Å². The summed E-state index contributed by atoms with van der Waals surface area (Å²) >= 11 is 1.48. The summed E-state index contributed by atoms with van der Waals surface area (Å²) in [5, 5.41) is 15.9. The Hall–Kier alpha value is -2.26. The Balaban J connectivity index is 1.89. The number of fused-ring (bicyclic) bond motifs is 1. The van der Waals surface area contributed by atoms with Gasteiger partial charge in [0.15, 0.2) is 0 Å². The van der Waals surface area contributed by atoms with E-state index in [1.165, 1.54) is 24.5 Å². The number of ether oxygens (including phenoxy) is 1. The minimum absolute atomic E-state index is 0.149. The molecule has 0 radical (unpaired) electrons. The van der Waals surface area contributed by atoms with Crippen LogP contribution in [0.1, 0.15) is 33.0 Å². The first kappa shape index (κ1) is 17.6. The third kappa shape index (κ3) is 3.72. The summed E-state index contributed by atoms with van der Waals surface area (Å²) in [7, 11) is 1.47. The minimum Gasteiger partial charge on any atom is -0.496 e. The van der Waals surface area contributed by atoms with Crippen LogP contribution in [0.2, 0.25) is 0 Å². The average molecular weight is 363 g/mol. The molecule has 2 aromatic heterocycles. The van der Waals surface area contributed by atoms with Gasteiger partial charge in [-0.1, -0.05) is 18.3 Å². The lowest BCUT2D eigenvalue weighted by atomic mass is 10.1. The largest absolute Gasteiger partial charge is 0.496 e. The van der Waals surface area contributed by atoms with Gasteiger partial charge in [-0.05, 0) is 6.42 Å². The van der Waals surface area contributed by atoms with Gasteiger partial charge in [0, 0.05) is 37.8 Å². The maximum atomic E-state index is 12.8. The molecular weight excluding hydrogens is 342 g/mol. The summed E-state index contributed by atoms with van der Waals surface area (Å²) in [6, 6.07) is 1.38. The number of carbonyl (C=O) groups is 1. The van der Waals surface area contributed by atoms with Crippen molar-refractivity contribution in [3.8, 4) is 5.75 Å². The summed E-state index contributed by atoms with van der Waals surface area (Å²) in [6.07, 6.45) is 1.41. The number of nitrogens with one attached hydrogen (secondary N) is 2. The molecule has 9 heteroatoms. The van der Waals surface area contributed by atoms with Gasteiger partial charge in [0.25, 0.3) is 11.5 Å². The fraction of sp³-hybridized carbons (Fsp3) is 0.500. The highest BCUT2D eigenvalue weighted by Gasteiger charge is 2.23. The SMILES string of the molecule is CCc1nnc(CNC(=O)c2c(OC)cc(=O)n3c2CCNCC3)s1. The second-order valence-corrected chi connectivity index (χ2v) is 6.80. The van der Waals surface area contributed by atoms with Crippen molar-refractivity contribution in [3.05, 3.63) is 37.7 Å². The number of pyridine rings is 1. The Morgan fingerprint density at radius 3 is 2.92 bits per heavy atom. The zero-order valence-corrected chi connectivity index (χ0v) is 15.1. The molecule has 0 unspecified atom stereocenters. The number of amides is 1. The predicted molar refractivity (Wildman–Crippen MR) is 94.3 cm³/mol. The van der Waals surface area contributed by atoms with Crippen LogP contribution in [0, 0.1) is 0 Å². The predicted octanol–water partition coefficient (Wildman–Crippen LogP) is 0.346. The van der Waals surface area contributed by atoms with Gasteiger partial charge < -0.3 is 19.9 Å². The molecule has 1 amide bonds. The maximum Gasteiger partial charge on any atom is 0.257 e. The number of methoxy groups -OCH3 is 1. The second-order valence-electron chi connectivity index (χ2n) is 5.65. The Bertz CT molecular complexity index is 830. The number of rotatable bonds is 5. The van der Waals surface area contributed by atoms with Crippen LogP contribution < -0.4 is 20.9 Å². The second kappa shape index (κ2) is 7.75. The van der Waals surface area contributed by atoms with Crippen LogP contribution in [0.3, 0.4) is 0 Å². The topological polar surface area (TPSA) is 98.1 Å². The van der Waals surface area contributed by atoms with Gasteiger partial charge in [0.1, 0.15) is 21.3 Å². The Morgan fingerprint density at radius 2 is 2.20 bits per heavy atom. The fourth-order valence-electron chi connectivity index (χ4n) is 2.85. The molecule has 3 heterocycles. The third-order valence-electron chi connectivity index (χ3n) is 4.09. The lowest BCUT2D eigenvalue weighted by Gasteiger charge is -2.17. The Labute approximate surface area is 149 Å². The Kier molecular flexibility index (Phi) is 5.44. The lowest BCUT2D eigenvalue weighted by molar-refractivity contribution is 0.0945. The highest BCUT2D eigenvalue weighted by molar-refractivity contribution is 7.11. The molecule has 134 valence electrons. The van der Waals surface area contributed by atoms with E-state index in [0.29, 0.717) is 49.6 Å². The molecule has 0 saturated heterocycles. The van der Waals surface area contributed by atoms with Crippen molar-refractivity contribution in [1.82, 2.24) is 25.4 Å². The zero-order valence-electron chi connectivity index (χ0n) is 14.3. The molecule has 0 aliphatic carbocycles. The molecule has 0 atom stereocenters. The van der Waals surface area contributed by atoms with Gasteiger partial charge in [-0.2, -0.15) is 0 Å². The first-order valence-electron chi connectivity index (χ1n) is 8.25. The molecule has 8 nitrogen and oxygen atoms in total. The molecule has 0 fully saturated rings. The van der Waals surface area contributed by atoms with Crippen molar-refractivity contribution >= 4 is 17.2 Å². The van der Waals surface area contributed by atoms with Crippen molar-refractivity contribution < 1.29 is 9.53 Å². The molecule has 0 aromatic carbocycles. The van der Waals surface area contributed by atoms with Gasteiger partial charge in [0.05, 0.1) is 13.7 Å². The standard InChI is InChI=1S/C16H21N5O3S/c1-3-12-19-20-13(25-12)9-18-16(23)15-10-4-5-17-6-7-21(10)14(22)8-11(15)24-2/h8,17H,3-7,9H2,1-2H3,(H,18,23). The van der Waals surface area contributed by atoms with Crippen LogP contribution in [0.4, 0.5) is 0 Å². The molecule has 1 aliphatic heterocycles. The Morgan fingerprint density at radius 1 is 1.40 bits per heavy atom. The van der Waals surface area contributed by atoms with E-state index in [2.05, 4.69) is 20.8 Å². The highest BCUT2D eigenvalue weighted by Crippen LogP contribution is 2.22. The van der Waals surface area contributed by atoms with Crippen LogP contribution in [-0.2, 0) is 25.9 Å². The highest BCUT2D eigenvalue weighted by atomic mass is 32.1. The van der Waals surface area contributed by atoms with Gasteiger partial charge >= 0.3 is 0 Å². The zero-order chi connectivity index (χ0) is 17.8. The number of hydrogen-bond donors (Lipinski definition) is 2. The van der Waals surface area contributed by atoms with E-state index in [1.54, 1.807) is 4.57 Å². The molecule has 0 spiro atoms. The normalized spacial score (nSPS) is 13.8. The summed E-state index contributed by atoms with van der Waals surface area (Å²) in [5.41, 5.74) is 0.980. The van der Waals surface area contributed by atoms with Crippen LogP contribution in [0.15, 0.2) is 10.9 Å². The maximum absolute atomic E-state index is 12.8. The monoisotopic (exact) mass is 363 g/mol. The minimum atomic E-state index is -0.268. The van der Waals surface area contributed by atoms with Crippen LogP contribution >= 0.6 is 11.3 Å². The molecule has 25 heavy (non-hydrogen) atoms. The average Bonchev–Trinajstić information content (AvgIpc) is 2.94. The van der Waals surface area contributed by atoms with Crippen molar-refractivity contribution in [2.45, 2.75) is 32.9 Å². The molecule has 1 aliphatic rings. The van der Waals surface area contributed by atoms with Gasteiger partial charge in [0.2, 0.25) is 0 Å². The van der Waals surface area contributed by atoms with E-state index in [9.17, 15) is 9.59 Å². The molecule has 0 saturated carbocycles. The van der Waals surface area contributed by atoms with Gasteiger partial charge in [-0.3, -0.25) is 9.59 Å². The van der Waals surface area contributed by atoms with E-state index >= 15 is 0 Å². The number of aryl methyl sites for hydroxylation is 1. The van der Waals surface area contributed by atoms with Crippen LogP contribution in [0.5, 0.6) is 5.75 Å². The van der Waals surface area contributed by atoms with E-state index in [1.807, 2.05) is 6.92 Å². The van der Waals surface area contributed by atoms with Crippen LogP contribution in [-0.4, -0.2) is 40.9 Å². The fourth-order valence-corrected chi connectivity index (χ4v) is 3.58. The van der Waals surface area contributed by atoms with Crippen molar-refractivity contribution in [2.75, 3.05) is 20.2 Å². The van der Waals surface area contributed by atoms with E-state index in [-0.39, 0.29) is 11.5 Å². The summed E-state index contributed by atoms with van der Waals surface area (Å²) in [4.78, 5) is 25.1. The molecular formula is C16H21N5O3S. The number of carbonyl (C=O) groups excluding carboxylic acids is 1. The molecule has 2 aromatic rings. The summed E-state index contributed by atoms with van der Waals surface area (Å²) in [6.45, 7) is 4.26. The lowest BCUT2D eigenvalue weighted by Crippen LogP contribution is -2.31. The molecule has 0 bridgehead atoms. The summed E-state index contributed by atoms with van der Waals surface area (Å²) < 4.78 is 6.96. The smallest absolute Gasteiger partial charge is 0.257 e. The number of hydrogen-bond acceptors (Lipinski definition) is 7. The van der Waals surface area contributed by atoms with Crippen LogP contribution in [0.25, 0.3) is 0 Å². The van der Waals surface area contributed by atoms with Gasteiger partial charge in [-0.15, -0.1) is 10.2 Å². The third-order valence-corrected chi connectivity index (χ3v) is 5.16. The number of nitrogens with zero attached hydrogens (tertiary/aromatic N) is 3. The van der Waals surface area contributed by atoms with Crippen molar-refractivity contribution in [1.29, 1.82) is 0 Å². The first-order valence-corrected chi connectivity index (χ1v) is 9.06.